The lowest BCUT2D eigenvalue weighted by Gasteiger charge is -2.42. The Bertz CT molecular complexity index is 225. The predicted molar refractivity (Wildman–Crippen MR) is 38.2 cm³/mol. The molecule has 1 fully saturated rings. The molecule has 11 heavy (non-hydrogen) atoms. The van der Waals surface area contributed by atoms with Crippen LogP contribution in [-0.2, 0) is 9.53 Å². The lowest BCUT2D eigenvalue weighted by molar-refractivity contribution is -0.142. The number of rotatable bonds is 0. The van der Waals surface area contributed by atoms with Gasteiger partial charge in [-0.1, -0.05) is 0 Å². The molecule has 2 rings (SSSR count). The molecule has 0 aromatic carbocycles. The number of aliphatic hydroxyl groups is 1. The van der Waals surface area contributed by atoms with Crippen LogP contribution in [0.2, 0.25) is 0 Å². The van der Waals surface area contributed by atoms with E-state index < -0.39 is 0 Å². The molecule has 0 saturated carbocycles. The monoisotopic (exact) mass is 154 g/mol. The van der Waals surface area contributed by atoms with E-state index in [1.54, 1.807) is 0 Å². The van der Waals surface area contributed by atoms with Crippen LogP contribution in [0.3, 0.4) is 0 Å². The van der Waals surface area contributed by atoms with Crippen LogP contribution in [0.1, 0.15) is 12.8 Å². The number of carbonyl (C=O) groups excluding carboxylic acids is 1. The molecule has 0 bridgehead atoms. The van der Waals surface area contributed by atoms with E-state index in [1.165, 1.54) is 6.08 Å². The highest BCUT2D eigenvalue weighted by molar-refractivity contribution is 5.91. The van der Waals surface area contributed by atoms with Crippen LogP contribution in [0.25, 0.3) is 0 Å². The normalized spacial score (nSPS) is 28.0. The average molecular weight is 154 g/mol. The van der Waals surface area contributed by atoms with Gasteiger partial charge in [-0.3, -0.25) is 4.79 Å². The van der Waals surface area contributed by atoms with Crippen molar-refractivity contribution < 1.29 is 14.6 Å². The molecule has 1 aliphatic carbocycles. The molecule has 0 aromatic rings. The summed E-state index contributed by atoms with van der Waals surface area (Å²) in [6.45, 7) is 1.24. The van der Waals surface area contributed by atoms with Crippen LogP contribution in [0, 0.1) is 5.41 Å². The maximum Gasteiger partial charge on any atom is 0.159 e. The van der Waals surface area contributed by atoms with Crippen LogP contribution in [0.5, 0.6) is 0 Å². The van der Waals surface area contributed by atoms with Gasteiger partial charge in [-0.25, -0.2) is 0 Å². The topological polar surface area (TPSA) is 46.5 Å². The zero-order valence-electron chi connectivity index (χ0n) is 6.17. The third-order valence-corrected chi connectivity index (χ3v) is 2.25. The van der Waals surface area contributed by atoms with Crippen molar-refractivity contribution in [1.29, 1.82) is 0 Å². The van der Waals surface area contributed by atoms with Crippen LogP contribution in [0.4, 0.5) is 0 Å². The molecule has 3 heteroatoms. The Kier molecular flexibility index (Phi) is 1.29. The van der Waals surface area contributed by atoms with Crippen molar-refractivity contribution in [2.45, 2.75) is 12.8 Å². The van der Waals surface area contributed by atoms with Crippen LogP contribution < -0.4 is 0 Å². The average Bonchev–Trinajstić information content (AvgIpc) is 1.82. The van der Waals surface area contributed by atoms with E-state index >= 15 is 0 Å². The Hall–Kier alpha value is -0.830. The minimum absolute atomic E-state index is 0.0250. The highest BCUT2D eigenvalue weighted by Crippen LogP contribution is 2.40. The van der Waals surface area contributed by atoms with E-state index in [-0.39, 0.29) is 17.0 Å². The van der Waals surface area contributed by atoms with E-state index in [4.69, 9.17) is 9.84 Å². The molecule has 60 valence electrons. The second-order valence-corrected chi connectivity index (χ2v) is 3.45. The standard InChI is InChI=1S/C8H10O3/c9-6-1-7(10)3-8(2-6)4-11-5-8/h1,9H,2-5H2. The van der Waals surface area contributed by atoms with Gasteiger partial charge >= 0.3 is 0 Å². The lowest BCUT2D eigenvalue weighted by atomic mass is 9.74. The highest BCUT2D eigenvalue weighted by Gasteiger charge is 2.43. The lowest BCUT2D eigenvalue weighted by Crippen LogP contribution is -2.45. The van der Waals surface area contributed by atoms with Gasteiger partial charge in [-0.15, -0.1) is 0 Å². The van der Waals surface area contributed by atoms with Gasteiger partial charge in [0.05, 0.1) is 19.0 Å². The van der Waals surface area contributed by atoms with Crippen LogP contribution in [-0.4, -0.2) is 24.1 Å². The molecule has 1 N–H and O–H groups in total. The first-order valence-corrected chi connectivity index (χ1v) is 3.70. The van der Waals surface area contributed by atoms with Crippen molar-refractivity contribution in [2.24, 2.45) is 5.41 Å². The molecule has 0 unspecified atom stereocenters. The minimum Gasteiger partial charge on any atom is -0.512 e. The summed E-state index contributed by atoms with van der Waals surface area (Å²) < 4.78 is 5.02. The van der Waals surface area contributed by atoms with Gasteiger partial charge < -0.3 is 9.84 Å². The van der Waals surface area contributed by atoms with Crippen molar-refractivity contribution in [3.05, 3.63) is 11.8 Å². The predicted octanol–water partition coefficient (Wildman–Crippen LogP) is 0.808. The minimum atomic E-state index is -0.0457. The van der Waals surface area contributed by atoms with Gasteiger partial charge in [0.25, 0.3) is 0 Å². The molecule has 0 aromatic heterocycles. The van der Waals surface area contributed by atoms with Crippen molar-refractivity contribution in [3.63, 3.8) is 0 Å². The number of ketones is 1. The van der Waals surface area contributed by atoms with Crippen molar-refractivity contribution in [2.75, 3.05) is 13.2 Å². The Morgan fingerprint density at radius 1 is 1.45 bits per heavy atom. The highest BCUT2D eigenvalue weighted by atomic mass is 16.5. The smallest absolute Gasteiger partial charge is 0.159 e. The summed E-state index contributed by atoms with van der Waals surface area (Å²) in [4.78, 5) is 11.0. The summed E-state index contributed by atoms with van der Waals surface area (Å²) in [6, 6.07) is 0. The summed E-state index contributed by atoms with van der Waals surface area (Å²) in [7, 11) is 0. The Balaban J connectivity index is 2.18. The van der Waals surface area contributed by atoms with Crippen LogP contribution >= 0.6 is 0 Å². The quantitative estimate of drug-likeness (QED) is 0.561. The van der Waals surface area contributed by atoms with Crippen molar-refractivity contribution in [3.8, 4) is 0 Å². The van der Waals surface area contributed by atoms with E-state index in [0.717, 1.165) is 0 Å². The molecule has 0 amide bonds. The zero-order chi connectivity index (χ0) is 7.90. The third kappa shape index (κ3) is 1.05. The van der Waals surface area contributed by atoms with Crippen molar-refractivity contribution >= 4 is 5.78 Å². The van der Waals surface area contributed by atoms with Gasteiger partial charge in [0.15, 0.2) is 5.78 Å². The molecule has 1 aliphatic heterocycles. The molecule has 1 spiro atoms. The van der Waals surface area contributed by atoms with E-state index in [0.29, 0.717) is 26.1 Å². The van der Waals surface area contributed by atoms with Gasteiger partial charge in [-0.05, 0) is 0 Å². The van der Waals surface area contributed by atoms with E-state index in [9.17, 15) is 4.79 Å². The fourth-order valence-corrected chi connectivity index (χ4v) is 1.70. The molecule has 0 radical (unpaired) electrons. The fourth-order valence-electron chi connectivity index (χ4n) is 1.70. The molecular weight excluding hydrogens is 144 g/mol. The first-order valence-electron chi connectivity index (χ1n) is 3.70. The van der Waals surface area contributed by atoms with Gasteiger partial charge in [-0.2, -0.15) is 0 Å². The number of carbonyl (C=O) groups is 1. The van der Waals surface area contributed by atoms with E-state index in [2.05, 4.69) is 0 Å². The summed E-state index contributed by atoms with van der Waals surface area (Å²) in [5.41, 5.74) is -0.0457. The largest absolute Gasteiger partial charge is 0.512 e. The summed E-state index contributed by atoms with van der Waals surface area (Å²) in [5.74, 6) is 0.238. The number of hydrogen-bond acceptors (Lipinski definition) is 3. The summed E-state index contributed by atoms with van der Waals surface area (Å²) in [5, 5.41) is 9.16. The molecule has 0 atom stereocenters. The Labute approximate surface area is 64.7 Å². The second kappa shape index (κ2) is 2.08. The molecule has 1 heterocycles. The number of aliphatic hydroxyl groups excluding tert-OH is 1. The SMILES string of the molecule is O=C1C=C(O)CC2(COC2)C1. The maximum absolute atomic E-state index is 11.0. The summed E-state index contributed by atoms with van der Waals surface area (Å²) in [6.07, 6.45) is 2.47. The molecular formula is C8H10O3. The third-order valence-electron chi connectivity index (χ3n) is 2.25. The van der Waals surface area contributed by atoms with Gasteiger partial charge in [0, 0.05) is 24.3 Å². The van der Waals surface area contributed by atoms with E-state index in [1.807, 2.05) is 0 Å². The zero-order valence-corrected chi connectivity index (χ0v) is 6.17. The number of hydrogen-bond donors (Lipinski definition) is 1. The molecule has 1 saturated heterocycles. The number of allylic oxidation sites excluding steroid dienone is 2. The fraction of sp³-hybridized carbons (Fsp3) is 0.625. The maximum atomic E-state index is 11.0. The van der Waals surface area contributed by atoms with Gasteiger partial charge in [0.2, 0.25) is 0 Å². The second-order valence-electron chi connectivity index (χ2n) is 3.45. The first-order chi connectivity index (χ1) is 5.20. The Morgan fingerprint density at radius 3 is 2.64 bits per heavy atom. The number of ether oxygens (including phenoxy) is 1. The summed E-state index contributed by atoms with van der Waals surface area (Å²) >= 11 is 0. The molecule has 3 nitrogen and oxygen atoms in total. The first kappa shape index (κ1) is 6.85. The van der Waals surface area contributed by atoms with Crippen molar-refractivity contribution in [1.82, 2.24) is 0 Å². The van der Waals surface area contributed by atoms with Gasteiger partial charge in [0.1, 0.15) is 0 Å². The molecule has 2 aliphatic rings. The van der Waals surface area contributed by atoms with Crippen LogP contribution in [0.15, 0.2) is 11.8 Å². The Morgan fingerprint density at radius 2 is 2.18 bits per heavy atom.